The van der Waals surface area contributed by atoms with Crippen LogP contribution in [0.5, 0.6) is 0 Å². The first-order chi connectivity index (χ1) is 10.8. The highest BCUT2D eigenvalue weighted by Gasteiger charge is 2.05. The molecule has 2 aromatic heterocycles. The molecule has 0 atom stereocenters. The van der Waals surface area contributed by atoms with Crippen molar-refractivity contribution in [2.24, 2.45) is 0 Å². The lowest BCUT2D eigenvalue weighted by Crippen LogP contribution is -2.20. The Balaban J connectivity index is 1.82. The summed E-state index contributed by atoms with van der Waals surface area (Å²) in [5.74, 6) is 0.239. The number of hydrogen-bond acceptors (Lipinski definition) is 6. The molecule has 7 heteroatoms. The summed E-state index contributed by atoms with van der Waals surface area (Å²) in [5, 5.41) is 12.6. The SMILES string of the molecule is O=C(Cc1ccc(Nc2ncnc3cnccc23)cc1)NO. The molecule has 0 radical (unpaired) electrons. The number of pyridine rings is 1. The first-order valence-corrected chi connectivity index (χ1v) is 6.60. The van der Waals surface area contributed by atoms with Crippen LogP contribution in [-0.2, 0) is 11.2 Å². The number of fused-ring (bicyclic) bond motifs is 1. The Morgan fingerprint density at radius 3 is 2.73 bits per heavy atom. The Labute approximate surface area is 126 Å². The van der Waals surface area contributed by atoms with E-state index in [4.69, 9.17) is 5.21 Å². The van der Waals surface area contributed by atoms with E-state index >= 15 is 0 Å². The maximum atomic E-state index is 11.1. The number of amides is 1. The molecule has 0 spiro atoms. The van der Waals surface area contributed by atoms with Crippen molar-refractivity contribution in [2.75, 3.05) is 5.32 Å². The van der Waals surface area contributed by atoms with Gasteiger partial charge in [-0.25, -0.2) is 15.4 Å². The predicted molar refractivity (Wildman–Crippen MR) is 80.7 cm³/mol. The van der Waals surface area contributed by atoms with Crippen molar-refractivity contribution in [1.82, 2.24) is 20.4 Å². The number of anilines is 2. The molecule has 0 saturated carbocycles. The fourth-order valence-electron chi connectivity index (χ4n) is 2.07. The fourth-order valence-corrected chi connectivity index (χ4v) is 2.07. The Morgan fingerprint density at radius 2 is 1.95 bits per heavy atom. The number of aromatic nitrogens is 3. The Bertz CT molecular complexity index is 799. The first-order valence-electron chi connectivity index (χ1n) is 6.60. The summed E-state index contributed by atoms with van der Waals surface area (Å²) in [6, 6.07) is 9.15. The van der Waals surface area contributed by atoms with Crippen LogP contribution in [0.1, 0.15) is 5.56 Å². The third-order valence-corrected chi connectivity index (χ3v) is 3.14. The second-order valence-electron chi connectivity index (χ2n) is 4.65. The number of nitrogens with one attached hydrogen (secondary N) is 2. The lowest BCUT2D eigenvalue weighted by molar-refractivity contribution is -0.128. The minimum Gasteiger partial charge on any atom is -0.340 e. The lowest BCUT2D eigenvalue weighted by Gasteiger charge is -2.08. The summed E-state index contributed by atoms with van der Waals surface area (Å²) in [4.78, 5) is 23.5. The molecule has 3 N–H and O–H groups in total. The van der Waals surface area contributed by atoms with E-state index in [0.29, 0.717) is 5.82 Å². The molecule has 0 bridgehead atoms. The van der Waals surface area contributed by atoms with E-state index in [9.17, 15) is 4.79 Å². The van der Waals surface area contributed by atoms with E-state index in [2.05, 4.69) is 20.3 Å². The minimum atomic E-state index is -0.449. The average molecular weight is 295 g/mol. The van der Waals surface area contributed by atoms with Crippen LogP contribution in [0.4, 0.5) is 11.5 Å². The van der Waals surface area contributed by atoms with Gasteiger partial charge in [0.2, 0.25) is 5.91 Å². The number of carbonyl (C=O) groups excluding carboxylic acids is 1. The summed E-state index contributed by atoms with van der Waals surface area (Å²) >= 11 is 0. The highest BCUT2D eigenvalue weighted by molar-refractivity contribution is 5.89. The number of carbonyl (C=O) groups is 1. The highest BCUT2D eigenvalue weighted by Crippen LogP contribution is 2.22. The standard InChI is InChI=1S/C15H13N5O2/c21-14(20-22)7-10-1-3-11(4-2-10)19-15-12-5-6-16-8-13(12)17-9-18-15/h1-6,8-9,22H,7H2,(H,20,21)(H,17,18,19). The maximum Gasteiger partial charge on any atom is 0.247 e. The topological polar surface area (TPSA) is 100 Å². The number of rotatable bonds is 4. The van der Waals surface area contributed by atoms with Crippen molar-refractivity contribution in [3.8, 4) is 0 Å². The molecule has 1 amide bonds. The Morgan fingerprint density at radius 1 is 1.14 bits per heavy atom. The second-order valence-corrected chi connectivity index (χ2v) is 4.65. The average Bonchev–Trinajstić information content (AvgIpc) is 2.57. The lowest BCUT2D eigenvalue weighted by atomic mass is 10.1. The van der Waals surface area contributed by atoms with Crippen LogP contribution in [0.2, 0.25) is 0 Å². The molecule has 2 heterocycles. The predicted octanol–water partition coefficient (Wildman–Crippen LogP) is 1.82. The maximum absolute atomic E-state index is 11.1. The molecule has 0 aliphatic heterocycles. The van der Waals surface area contributed by atoms with Gasteiger partial charge < -0.3 is 5.32 Å². The van der Waals surface area contributed by atoms with Crippen molar-refractivity contribution < 1.29 is 10.0 Å². The monoisotopic (exact) mass is 295 g/mol. The van der Waals surface area contributed by atoms with Crippen LogP contribution in [0.25, 0.3) is 10.9 Å². The summed E-state index contributed by atoms with van der Waals surface area (Å²) < 4.78 is 0. The van der Waals surface area contributed by atoms with Crippen molar-refractivity contribution in [3.05, 3.63) is 54.6 Å². The quantitative estimate of drug-likeness (QED) is 0.501. The second kappa shape index (κ2) is 6.15. The van der Waals surface area contributed by atoms with Gasteiger partial charge in [0.05, 0.1) is 18.1 Å². The molecule has 1 aromatic carbocycles. The van der Waals surface area contributed by atoms with Gasteiger partial charge in [0.25, 0.3) is 0 Å². The van der Waals surface area contributed by atoms with E-state index in [1.807, 2.05) is 30.3 Å². The van der Waals surface area contributed by atoms with Crippen molar-refractivity contribution >= 4 is 28.3 Å². The number of hydroxylamine groups is 1. The van der Waals surface area contributed by atoms with Crippen LogP contribution in [0.3, 0.4) is 0 Å². The molecule has 3 rings (SSSR count). The van der Waals surface area contributed by atoms with E-state index in [0.717, 1.165) is 22.2 Å². The molecular weight excluding hydrogens is 282 g/mol. The number of hydrogen-bond donors (Lipinski definition) is 3. The van der Waals surface area contributed by atoms with Gasteiger partial charge in [0.1, 0.15) is 12.1 Å². The van der Waals surface area contributed by atoms with E-state index in [1.165, 1.54) is 6.33 Å². The molecule has 0 aliphatic carbocycles. The minimum absolute atomic E-state index is 0.124. The van der Waals surface area contributed by atoms with Crippen molar-refractivity contribution in [2.45, 2.75) is 6.42 Å². The van der Waals surface area contributed by atoms with Crippen LogP contribution < -0.4 is 10.8 Å². The van der Waals surface area contributed by atoms with Crippen LogP contribution in [-0.4, -0.2) is 26.1 Å². The Kier molecular flexibility index (Phi) is 3.88. The van der Waals surface area contributed by atoms with Gasteiger partial charge in [-0.3, -0.25) is 15.0 Å². The molecule has 3 aromatic rings. The zero-order chi connectivity index (χ0) is 15.4. The number of nitrogens with zero attached hydrogens (tertiary/aromatic N) is 3. The summed E-state index contributed by atoms with van der Waals surface area (Å²) in [6.07, 6.45) is 4.97. The summed E-state index contributed by atoms with van der Waals surface area (Å²) in [6.45, 7) is 0. The zero-order valence-corrected chi connectivity index (χ0v) is 11.5. The molecule has 110 valence electrons. The van der Waals surface area contributed by atoms with E-state index < -0.39 is 5.91 Å². The van der Waals surface area contributed by atoms with Crippen LogP contribution in [0, 0.1) is 0 Å². The van der Waals surface area contributed by atoms with Gasteiger partial charge in [0.15, 0.2) is 0 Å². The third-order valence-electron chi connectivity index (χ3n) is 3.14. The van der Waals surface area contributed by atoms with Gasteiger partial charge in [-0.2, -0.15) is 0 Å². The summed E-state index contributed by atoms with van der Waals surface area (Å²) in [7, 11) is 0. The third kappa shape index (κ3) is 2.99. The first kappa shape index (κ1) is 13.9. The van der Waals surface area contributed by atoms with Gasteiger partial charge in [-0.15, -0.1) is 0 Å². The molecule has 22 heavy (non-hydrogen) atoms. The van der Waals surface area contributed by atoms with Crippen molar-refractivity contribution in [3.63, 3.8) is 0 Å². The molecule has 0 saturated heterocycles. The Hall–Kier alpha value is -3.06. The molecule has 0 aliphatic rings. The van der Waals surface area contributed by atoms with Gasteiger partial charge in [-0.05, 0) is 23.8 Å². The smallest absolute Gasteiger partial charge is 0.247 e. The normalized spacial score (nSPS) is 10.4. The number of benzene rings is 1. The van der Waals surface area contributed by atoms with E-state index in [1.54, 1.807) is 17.9 Å². The van der Waals surface area contributed by atoms with E-state index in [-0.39, 0.29) is 6.42 Å². The largest absolute Gasteiger partial charge is 0.340 e. The van der Waals surface area contributed by atoms with Gasteiger partial charge >= 0.3 is 0 Å². The highest BCUT2D eigenvalue weighted by atomic mass is 16.5. The zero-order valence-electron chi connectivity index (χ0n) is 11.5. The molecule has 0 unspecified atom stereocenters. The van der Waals surface area contributed by atoms with Crippen LogP contribution >= 0.6 is 0 Å². The molecule has 0 fully saturated rings. The van der Waals surface area contributed by atoms with Gasteiger partial charge in [-0.1, -0.05) is 12.1 Å². The van der Waals surface area contributed by atoms with Crippen LogP contribution in [0.15, 0.2) is 49.1 Å². The molecular formula is C15H13N5O2. The van der Waals surface area contributed by atoms with Crippen molar-refractivity contribution in [1.29, 1.82) is 0 Å². The summed E-state index contributed by atoms with van der Waals surface area (Å²) in [5.41, 5.74) is 4.01. The van der Waals surface area contributed by atoms with Gasteiger partial charge in [0, 0.05) is 17.3 Å². The molecule has 7 nitrogen and oxygen atoms in total. The fraction of sp³-hybridized carbons (Fsp3) is 0.0667.